The second-order valence-electron chi connectivity index (χ2n) is 2.62. The Morgan fingerprint density at radius 2 is 1.88 bits per heavy atom. The first kappa shape index (κ1) is 17.0. The fourth-order valence-corrected chi connectivity index (χ4v) is 1.19. The fraction of sp³-hybridized carbons (Fsp3) is 0.400. The Kier molecular flexibility index (Phi) is 12.5. The maximum atomic E-state index is 3.99. The van der Waals surface area contributed by atoms with Crippen LogP contribution >= 0.6 is 0 Å². The van der Waals surface area contributed by atoms with E-state index in [0.29, 0.717) is 0 Å². The highest BCUT2D eigenvalue weighted by Gasteiger charge is 1.89. The molecule has 0 fully saturated rings. The summed E-state index contributed by atoms with van der Waals surface area (Å²) >= 11 is 0. The molecule has 0 amide bonds. The minimum Gasteiger partial charge on any atom is -0.264 e. The summed E-state index contributed by atoms with van der Waals surface area (Å²) in [5.41, 5.74) is 1.22. The van der Waals surface area contributed by atoms with E-state index in [1.165, 1.54) is 5.57 Å². The van der Waals surface area contributed by atoms with E-state index >= 15 is 0 Å². The van der Waals surface area contributed by atoms with Gasteiger partial charge in [-0.2, -0.15) is 0 Å². The van der Waals surface area contributed by atoms with Gasteiger partial charge in [-0.1, -0.05) is 53.9 Å². The van der Waals surface area contributed by atoms with E-state index in [9.17, 15) is 0 Å². The van der Waals surface area contributed by atoms with Crippen molar-refractivity contribution in [1.29, 1.82) is 0 Å². The van der Waals surface area contributed by atoms with Gasteiger partial charge in [0.25, 0.3) is 0 Å². The monoisotopic (exact) mass is 219 g/mol. The lowest BCUT2D eigenvalue weighted by Crippen LogP contribution is -2.25. The van der Waals surface area contributed by atoms with E-state index in [1.54, 1.807) is 12.4 Å². The van der Waals surface area contributed by atoms with Crippen LogP contribution in [0.15, 0.2) is 31.1 Å². The molecule has 0 unspecified atom stereocenters. The van der Waals surface area contributed by atoms with Gasteiger partial charge in [-0.05, 0) is 28.5 Å². The molecular weight excluding hydrogens is 194 g/mol. The van der Waals surface area contributed by atoms with Crippen molar-refractivity contribution in [2.75, 3.05) is 0 Å². The molecule has 0 atom stereocenters. The molecule has 0 saturated heterocycles. The lowest BCUT2D eigenvalue weighted by atomic mass is 10.1. The summed E-state index contributed by atoms with van der Waals surface area (Å²) in [5.74, 6) is 0. The molecule has 0 aliphatic heterocycles. The summed E-state index contributed by atoms with van der Waals surface area (Å²) < 4.78 is 0. The van der Waals surface area contributed by atoms with Crippen molar-refractivity contribution in [1.82, 2.24) is 4.98 Å². The lowest BCUT2D eigenvalue weighted by Gasteiger charge is -1.95. The number of hydrogen-bond acceptors (Lipinski definition) is 1. The molecule has 1 heterocycles. The molecule has 90 valence electrons. The third-order valence-electron chi connectivity index (χ3n) is 1.88. The molecule has 16 heavy (non-hydrogen) atoms. The lowest BCUT2D eigenvalue weighted by molar-refractivity contribution is 1.21. The number of nitrogens with zero attached hydrogens (tertiary/aromatic N) is 1. The van der Waals surface area contributed by atoms with Crippen LogP contribution in [0.4, 0.5) is 0 Å². The van der Waals surface area contributed by atoms with Crippen molar-refractivity contribution in [2.45, 2.75) is 41.0 Å². The van der Waals surface area contributed by atoms with Crippen molar-refractivity contribution >= 4 is 12.2 Å². The predicted octanol–water partition coefficient (Wildman–Crippen LogP) is 3.29. The van der Waals surface area contributed by atoms with Gasteiger partial charge >= 0.3 is 0 Å². The standard InChI is InChI=1S/C11H13N.2C2H6/c1-4-10(5-2)11-6-7-12-8-9(11)3;2*1-2/h4,6-8H,1,3,5H2,2H3;2*1-2H3/b11-10+;;. The highest BCUT2D eigenvalue weighted by Crippen LogP contribution is 1.97. The van der Waals surface area contributed by atoms with Crippen molar-refractivity contribution in [3.05, 3.63) is 41.6 Å². The molecule has 0 radical (unpaired) electrons. The molecule has 1 heteroatoms. The molecule has 0 aliphatic rings. The van der Waals surface area contributed by atoms with E-state index in [-0.39, 0.29) is 0 Å². The van der Waals surface area contributed by atoms with Gasteiger partial charge in [0.1, 0.15) is 0 Å². The van der Waals surface area contributed by atoms with Gasteiger partial charge < -0.3 is 0 Å². The molecule has 1 aromatic heterocycles. The topological polar surface area (TPSA) is 12.9 Å². The summed E-state index contributed by atoms with van der Waals surface area (Å²) in [7, 11) is 0. The molecule has 0 N–H and O–H groups in total. The van der Waals surface area contributed by atoms with E-state index < -0.39 is 0 Å². The third kappa shape index (κ3) is 5.50. The van der Waals surface area contributed by atoms with E-state index in [2.05, 4.69) is 25.1 Å². The minimum atomic E-state index is 0.967. The summed E-state index contributed by atoms with van der Waals surface area (Å²) in [6, 6.07) is 1.98. The van der Waals surface area contributed by atoms with Crippen molar-refractivity contribution in [3.63, 3.8) is 0 Å². The number of allylic oxidation sites excluding steroid dienone is 1. The largest absolute Gasteiger partial charge is 0.264 e. The Balaban J connectivity index is 0. The molecule has 0 aliphatic carbocycles. The van der Waals surface area contributed by atoms with Crippen molar-refractivity contribution < 1.29 is 0 Å². The molecule has 1 nitrogen and oxygen atoms in total. The molecule has 0 saturated carbocycles. The Morgan fingerprint density at radius 1 is 1.31 bits per heavy atom. The average Bonchev–Trinajstić information content (AvgIpc) is 2.38. The zero-order valence-corrected chi connectivity index (χ0v) is 11.4. The van der Waals surface area contributed by atoms with E-state index in [1.807, 2.05) is 39.8 Å². The second-order valence-corrected chi connectivity index (χ2v) is 2.62. The normalized spacial score (nSPS) is 10.1. The number of hydrogen-bond donors (Lipinski definition) is 0. The van der Waals surface area contributed by atoms with Gasteiger partial charge in [0.15, 0.2) is 0 Å². The van der Waals surface area contributed by atoms with Crippen LogP contribution in [0, 0.1) is 0 Å². The Hall–Kier alpha value is -1.37. The number of rotatable bonds is 2. The van der Waals surface area contributed by atoms with Gasteiger partial charge in [0.05, 0.1) is 0 Å². The van der Waals surface area contributed by atoms with Gasteiger partial charge in [-0.3, -0.25) is 4.98 Å². The Labute approximate surface area is 100 Å². The quantitative estimate of drug-likeness (QED) is 0.744. The van der Waals surface area contributed by atoms with E-state index in [0.717, 1.165) is 16.9 Å². The minimum absolute atomic E-state index is 0.967. The highest BCUT2D eigenvalue weighted by molar-refractivity contribution is 5.55. The summed E-state index contributed by atoms with van der Waals surface area (Å²) in [4.78, 5) is 3.99. The molecule has 0 bridgehead atoms. The Bertz CT molecular complexity index is 377. The summed E-state index contributed by atoms with van der Waals surface area (Å²) in [6.07, 6.45) is 6.41. The zero-order valence-electron chi connectivity index (χ0n) is 11.4. The second kappa shape index (κ2) is 11.7. The van der Waals surface area contributed by atoms with Crippen LogP contribution in [-0.4, -0.2) is 4.98 Å². The average molecular weight is 219 g/mol. The van der Waals surface area contributed by atoms with Crippen LogP contribution in [-0.2, 0) is 0 Å². The molecule has 1 rings (SSSR count). The maximum Gasteiger partial charge on any atom is 0.0340 e. The van der Waals surface area contributed by atoms with Gasteiger partial charge in [0, 0.05) is 12.4 Å². The first-order chi connectivity index (χ1) is 7.79. The van der Waals surface area contributed by atoms with Crippen molar-refractivity contribution in [2.24, 2.45) is 0 Å². The molecule has 1 aromatic rings. The van der Waals surface area contributed by atoms with Gasteiger partial charge in [-0.15, -0.1) is 0 Å². The maximum absolute atomic E-state index is 3.99. The van der Waals surface area contributed by atoms with Crippen LogP contribution in [0.2, 0.25) is 0 Å². The highest BCUT2D eigenvalue weighted by atomic mass is 14.6. The molecule has 0 aromatic carbocycles. The van der Waals surface area contributed by atoms with Crippen LogP contribution in [0.25, 0.3) is 12.2 Å². The summed E-state index contributed by atoms with van der Waals surface area (Å²) in [5, 5.41) is 2.12. The predicted molar refractivity (Wildman–Crippen MR) is 75.6 cm³/mol. The first-order valence-electron chi connectivity index (χ1n) is 6.04. The van der Waals surface area contributed by atoms with E-state index in [4.69, 9.17) is 0 Å². The summed E-state index contributed by atoms with van der Waals surface area (Å²) in [6.45, 7) is 17.8. The van der Waals surface area contributed by atoms with Gasteiger partial charge in [0.2, 0.25) is 0 Å². The third-order valence-corrected chi connectivity index (χ3v) is 1.88. The smallest absolute Gasteiger partial charge is 0.0340 e. The van der Waals surface area contributed by atoms with Crippen LogP contribution < -0.4 is 10.4 Å². The molecule has 0 spiro atoms. The van der Waals surface area contributed by atoms with Crippen LogP contribution in [0.1, 0.15) is 41.0 Å². The fourth-order valence-electron chi connectivity index (χ4n) is 1.19. The van der Waals surface area contributed by atoms with Gasteiger partial charge in [-0.25, -0.2) is 0 Å². The van der Waals surface area contributed by atoms with Crippen LogP contribution in [0.5, 0.6) is 0 Å². The first-order valence-corrected chi connectivity index (χ1v) is 6.04. The Morgan fingerprint density at radius 3 is 2.25 bits per heavy atom. The van der Waals surface area contributed by atoms with Crippen LogP contribution in [0.3, 0.4) is 0 Å². The number of pyridine rings is 1. The SMILES string of the molecule is C=C/C(CC)=c1/ccncc1=C.CC.CC. The zero-order chi connectivity index (χ0) is 13.0. The number of aromatic nitrogens is 1. The van der Waals surface area contributed by atoms with Crippen molar-refractivity contribution in [3.8, 4) is 0 Å². The molecular formula is C15H25N.